The van der Waals surface area contributed by atoms with Crippen LogP contribution in [0.1, 0.15) is 19.3 Å². The lowest BCUT2D eigenvalue weighted by atomic mass is 9.95. The summed E-state index contributed by atoms with van der Waals surface area (Å²) in [5, 5.41) is 0. The molecule has 3 rings (SSSR count). The van der Waals surface area contributed by atoms with Crippen molar-refractivity contribution in [3.8, 4) is 0 Å². The van der Waals surface area contributed by atoms with Crippen LogP contribution in [0, 0.1) is 11.8 Å². The Morgan fingerprint density at radius 1 is 1.08 bits per heavy atom. The van der Waals surface area contributed by atoms with Crippen LogP contribution in [0.2, 0.25) is 0 Å². The Labute approximate surface area is 86.7 Å². The molecule has 2 aliphatic carbocycles. The maximum Gasteiger partial charge on any atom is 0.163 e. The molecule has 13 heavy (non-hydrogen) atoms. The second-order valence-electron chi connectivity index (χ2n) is 3.97. The topological polar surface area (TPSA) is 17.1 Å². The molecule has 70 valence electrons. The van der Waals surface area contributed by atoms with E-state index in [9.17, 15) is 4.79 Å². The second kappa shape index (κ2) is 3.06. The summed E-state index contributed by atoms with van der Waals surface area (Å²) in [7, 11) is 0. The first-order chi connectivity index (χ1) is 6.36. The average molecular weight is 212 g/mol. The zero-order valence-electron chi connectivity index (χ0n) is 7.41. The number of Topliss-reactive ketones (excluding diaryl/α,β-unsaturated/α-hetero) is 1. The molecule has 2 atom stereocenters. The maximum atomic E-state index is 11.9. The molecule has 0 spiro atoms. The Morgan fingerprint density at radius 2 is 1.77 bits per heavy atom. The summed E-state index contributed by atoms with van der Waals surface area (Å²) < 4.78 is 1.37. The third-order valence-electron chi connectivity index (χ3n) is 3.25. The third kappa shape index (κ3) is 1.20. The smallest absolute Gasteiger partial charge is 0.163 e. The molecule has 0 aromatic carbocycles. The van der Waals surface area contributed by atoms with Crippen LogP contribution in [0.15, 0.2) is 9.81 Å². The van der Waals surface area contributed by atoms with Gasteiger partial charge >= 0.3 is 0 Å². The van der Waals surface area contributed by atoms with Crippen LogP contribution in [-0.4, -0.2) is 17.3 Å². The van der Waals surface area contributed by atoms with Crippen LogP contribution in [0.5, 0.6) is 0 Å². The van der Waals surface area contributed by atoms with Gasteiger partial charge in [-0.1, -0.05) is 0 Å². The van der Waals surface area contributed by atoms with Crippen molar-refractivity contribution in [1.82, 2.24) is 0 Å². The molecule has 0 N–H and O–H groups in total. The Balaban J connectivity index is 1.99. The number of carbonyl (C=O) groups is 1. The fourth-order valence-electron chi connectivity index (χ4n) is 2.64. The van der Waals surface area contributed by atoms with E-state index in [-0.39, 0.29) is 0 Å². The van der Waals surface area contributed by atoms with Crippen LogP contribution < -0.4 is 0 Å². The molecule has 3 aliphatic rings. The van der Waals surface area contributed by atoms with E-state index in [0.717, 1.165) is 6.42 Å². The zero-order chi connectivity index (χ0) is 8.84. The van der Waals surface area contributed by atoms with Crippen molar-refractivity contribution in [2.75, 3.05) is 11.5 Å². The van der Waals surface area contributed by atoms with Gasteiger partial charge in [0.25, 0.3) is 0 Å². The fraction of sp³-hybridized carbons (Fsp3) is 0.700. The predicted molar refractivity (Wildman–Crippen MR) is 57.8 cm³/mol. The normalized spacial score (nSPS) is 38.0. The number of hydrogen-bond acceptors (Lipinski definition) is 3. The first-order valence-electron chi connectivity index (χ1n) is 4.90. The maximum absolute atomic E-state index is 11.9. The van der Waals surface area contributed by atoms with Gasteiger partial charge in [-0.3, -0.25) is 4.79 Å². The van der Waals surface area contributed by atoms with Gasteiger partial charge in [-0.05, 0) is 25.2 Å². The van der Waals surface area contributed by atoms with Crippen LogP contribution >= 0.6 is 23.5 Å². The minimum atomic E-state index is 0.411. The third-order valence-corrected chi connectivity index (χ3v) is 5.99. The van der Waals surface area contributed by atoms with Gasteiger partial charge in [0.15, 0.2) is 5.78 Å². The number of thioether (sulfide) groups is 2. The van der Waals surface area contributed by atoms with Crippen molar-refractivity contribution in [3.63, 3.8) is 0 Å². The molecule has 0 amide bonds. The molecule has 0 aromatic heterocycles. The summed E-state index contributed by atoms with van der Waals surface area (Å²) >= 11 is 3.81. The first-order valence-corrected chi connectivity index (χ1v) is 6.87. The number of allylic oxidation sites excluding steroid dienone is 1. The number of ketones is 1. The van der Waals surface area contributed by atoms with Crippen molar-refractivity contribution in [2.45, 2.75) is 19.3 Å². The van der Waals surface area contributed by atoms with Gasteiger partial charge < -0.3 is 0 Å². The Morgan fingerprint density at radius 3 is 2.38 bits per heavy atom. The van der Waals surface area contributed by atoms with Crippen molar-refractivity contribution < 1.29 is 4.79 Å². The molecular formula is C10H12OS2. The molecule has 2 bridgehead atoms. The number of carbonyl (C=O) groups excluding carboxylic acids is 1. The van der Waals surface area contributed by atoms with Gasteiger partial charge in [0.05, 0.1) is 0 Å². The molecule has 0 unspecified atom stereocenters. The summed E-state index contributed by atoms with van der Waals surface area (Å²) in [4.78, 5) is 11.9. The highest BCUT2D eigenvalue weighted by atomic mass is 32.2. The van der Waals surface area contributed by atoms with E-state index in [0.29, 0.717) is 17.6 Å². The quantitative estimate of drug-likeness (QED) is 0.575. The van der Waals surface area contributed by atoms with E-state index >= 15 is 0 Å². The van der Waals surface area contributed by atoms with Gasteiger partial charge in [-0.2, -0.15) is 0 Å². The van der Waals surface area contributed by atoms with Gasteiger partial charge in [0.2, 0.25) is 0 Å². The number of fused-ring (bicyclic) bond motifs is 2. The van der Waals surface area contributed by atoms with E-state index in [4.69, 9.17) is 0 Å². The van der Waals surface area contributed by atoms with Crippen LogP contribution in [0.3, 0.4) is 0 Å². The molecule has 2 saturated carbocycles. The largest absolute Gasteiger partial charge is 0.294 e. The molecule has 1 nitrogen and oxygen atoms in total. The molecule has 0 aromatic rings. The van der Waals surface area contributed by atoms with Crippen LogP contribution in [0.25, 0.3) is 0 Å². The average Bonchev–Trinajstić information content (AvgIpc) is 2.76. The van der Waals surface area contributed by atoms with Crippen molar-refractivity contribution in [3.05, 3.63) is 9.81 Å². The molecule has 0 radical (unpaired) electrons. The highest BCUT2D eigenvalue weighted by Crippen LogP contribution is 2.51. The molecule has 1 saturated heterocycles. The van der Waals surface area contributed by atoms with Crippen molar-refractivity contribution in [1.29, 1.82) is 0 Å². The lowest BCUT2D eigenvalue weighted by Crippen LogP contribution is -2.12. The summed E-state index contributed by atoms with van der Waals surface area (Å²) in [5.41, 5.74) is 1.23. The lowest BCUT2D eigenvalue weighted by molar-refractivity contribution is -0.118. The van der Waals surface area contributed by atoms with Crippen molar-refractivity contribution >= 4 is 29.3 Å². The second-order valence-corrected chi connectivity index (χ2v) is 6.44. The van der Waals surface area contributed by atoms with Gasteiger partial charge in [-0.15, -0.1) is 23.5 Å². The Bertz CT molecular complexity index is 287. The van der Waals surface area contributed by atoms with Gasteiger partial charge in [0, 0.05) is 27.2 Å². The van der Waals surface area contributed by atoms with E-state index in [1.165, 1.54) is 34.2 Å². The summed E-state index contributed by atoms with van der Waals surface area (Å²) in [6, 6.07) is 0. The highest BCUT2D eigenvalue weighted by molar-refractivity contribution is 8.25. The van der Waals surface area contributed by atoms with Crippen molar-refractivity contribution in [2.24, 2.45) is 11.8 Å². The molecular weight excluding hydrogens is 200 g/mol. The summed E-state index contributed by atoms with van der Waals surface area (Å²) in [6.07, 6.45) is 3.60. The minimum Gasteiger partial charge on any atom is -0.294 e. The van der Waals surface area contributed by atoms with Gasteiger partial charge in [-0.25, -0.2) is 0 Å². The van der Waals surface area contributed by atoms with E-state index in [1.807, 2.05) is 23.5 Å². The molecule has 1 heterocycles. The Kier molecular flexibility index (Phi) is 1.98. The van der Waals surface area contributed by atoms with Gasteiger partial charge in [0.1, 0.15) is 0 Å². The van der Waals surface area contributed by atoms with E-state index < -0.39 is 0 Å². The lowest BCUT2D eigenvalue weighted by Gasteiger charge is -2.13. The highest BCUT2D eigenvalue weighted by Gasteiger charge is 2.44. The number of rotatable bonds is 0. The summed E-state index contributed by atoms with van der Waals surface area (Å²) in [6.45, 7) is 0. The van der Waals surface area contributed by atoms with Crippen LogP contribution in [0.4, 0.5) is 0 Å². The first kappa shape index (κ1) is 8.42. The molecule has 1 aliphatic heterocycles. The fourth-order valence-corrected chi connectivity index (χ4v) is 5.35. The SMILES string of the molecule is O=C1C(=C2SCCS2)[C@H]2CC[C@@H]1C2. The van der Waals surface area contributed by atoms with E-state index in [2.05, 4.69) is 0 Å². The molecule has 3 fully saturated rings. The van der Waals surface area contributed by atoms with E-state index in [1.54, 1.807) is 0 Å². The number of hydrogen-bond donors (Lipinski definition) is 0. The monoisotopic (exact) mass is 212 g/mol. The predicted octanol–water partition coefficient (Wildman–Crippen LogP) is 2.68. The minimum absolute atomic E-state index is 0.411. The standard InChI is InChI=1S/C10H12OS2/c11-9-7-2-1-6(5-7)8(9)10-12-3-4-13-10/h6-7H,1-5H2/t6-,7+/m0/s1. The van der Waals surface area contributed by atoms with Crippen LogP contribution in [-0.2, 0) is 4.79 Å². The Hall–Kier alpha value is 0.110. The zero-order valence-corrected chi connectivity index (χ0v) is 9.05. The molecule has 3 heteroatoms. The summed E-state index contributed by atoms with van der Waals surface area (Å²) in [5.74, 6) is 3.95.